The summed E-state index contributed by atoms with van der Waals surface area (Å²) >= 11 is 1.02. The molecule has 7 aromatic rings. The van der Waals surface area contributed by atoms with Crippen molar-refractivity contribution in [2.45, 2.75) is 46.9 Å². The summed E-state index contributed by atoms with van der Waals surface area (Å²) in [6.45, 7) is 1.58. The Balaban J connectivity index is 1.06. The first-order chi connectivity index (χ1) is 37.0. The Morgan fingerprint density at radius 2 is 1.37 bits per heavy atom. The Hall–Kier alpha value is -8.31. The van der Waals surface area contributed by atoms with Crippen molar-refractivity contribution < 1.29 is 56.6 Å². The lowest BCUT2D eigenvalue weighted by Gasteiger charge is -2.16. The molecule has 0 spiro atoms. The van der Waals surface area contributed by atoms with Crippen LogP contribution in [0.4, 0.5) is 44.5 Å². The van der Waals surface area contributed by atoms with E-state index in [9.17, 15) is 57.1 Å². The molecule has 0 fully saturated rings. The topological polar surface area (TPSA) is 374 Å². The van der Waals surface area contributed by atoms with E-state index in [4.69, 9.17) is 9.72 Å². The minimum atomic E-state index is -4.88. The van der Waals surface area contributed by atoms with Crippen LogP contribution in [0.25, 0.3) is 33.0 Å². The Labute approximate surface area is 448 Å². The Kier molecular flexibility index (Phi) is 15.1. The molecule has 6 N–H and O–H groups in total. The average molecular weight is 1150 g/mol. The molecule has 1 atom stereocenters. The third-order valence-corrected chi connectivity index (χ3v) is 16.4. The van der Waals surface area contributed by atoms with Crippen molar-refractivity contribution >= 4 is 118 Å². The molecule has 398 valence electrons. The number of rotatable bonds is 16. The molecule has 2 aromatic heterocycles. The van der Waals surface area contributed by atoms with Gasteiger partial charge >= 0.3 is 0 Å². The van der Waals surface area contributed by atoms with Gasteiger partial charge in [-0.05, 0) is 109 Å². The molecule has 9 rings (SSSR count). The molecular weight excluding hydrogens is 1110 g/mol. The molecule has 24 nitrogen and oxygen atoms in total. The van der Waals surface area contributed by atoms with Gasteiger partial charge in [-0.2, -0.15) is 49.2 Å². The van der Waals surface area contributed by atoms with Crippen LogP contribution >= 0.6 is 11.3 Å². The summed E-state index contributed by atoms with van der Waals surface area (Å²) in [5, 5.41) is 45.1. The van der Waals surface area contributed by atoms with E-state index < -0.39 is 56.3 Å². The van der Waals surface area contributed by atoms with E-state index in [1.54, 1.807) is 19.1 Å². The number of hydrogen-bond donors (Lipinski definition) is 6. The van der Waals surface area contributed by atoms with Crippen LogP contribution in [-0.2, 0) is 45.2 Å². The highest BCUT2D eigenvalue weighted by atomic mass is 32.2. The highest BCUT2D eigenvalue weighted by molar-refractivity contribution is 7.95. The van der Waals surface area contributed by atoms with E-state index in [2.05, 4.69) is 52.4 Å². The highest BCUT2D eigenvalue weighted by Gasteiger charge is 2.25. The molecule has 2 heterocycles. The zero-order valence-corrected chi connectivity index (χ0v) is 44.4. The minimum Gasteiger partial charge on any atom is -0.499 e. The van der Waals surface area contributed by atoms with Crippen LogP contribution in [0.15, 0.2) is 172 Å². The molecule has 2 aliphatic rings. The number of aromatic nitrogens is 2. The van der Waals surface area contributed by atoms with Gasteiger partial charge in [0.1, 0.15) is 33.8 Å². The van der Waals surface area contributed by atoms with Crippen molar-refractivity contribution in [3.05, 3.63) is 148 Å². The van der Waals surface area contributed by atoms with Gasteiger partial charge in [0.25, 0.3) is 40.5 Å². The molecule has 0 saturated heterocycles. The van der Waals surface area contributed by atoms with Crippen LogP contribution in [0.1, 0.15) is 30.4 Å². The number of azo groups is 3. The van der Waals surface area contributed by atoms with E-state index in [0.29, 0.717) is 22.0 Å². The number of allylic oxidation sites excluding steroid dienone is 1. The molecule has 0 bridgehead atoms. The smallest absolute Gasteiger partial charge is 0.295 e. The Bertz CT molecular complexity index is 4430. The number of nitrogens with one attached hydrogen (secondary N) is 2. The van der Waals surface area contributed by atoms with E-state index in [1.165, 1.54) is 43.5 Å². The van der Waals surface area contributed by atoms with E-state index in [1.807, 2.05) is 42.5 Å². The maximum absolute atomic E-state index is 12.4. The number of methoxy groups -OCH3 is 1. The van der Waals surface area contributed by atoms with Crippen LogP contribution in [0.3, 0.4) is 0 Å². The zero-order chi connectivity index (χ0) is 55.7. The minimum absolute atomic E-state index is 0.00207. The third-order valence-electron chi connectivity index (χ3n) is 11.9. The van der Waals surface area contributed by atoms with Crippen LogP contribution in [0.5, 0.6) is 0 Å². The lowest BCUT2D eigenvalue weighted by molar-refractivity contribution is 0.267. The van der Waals surface area contributed by atoms with Gasteiger partial charge in [0.2, 0.25) is 5.13 Å². The first kappa shape index (κ1) is 54.5. The van der Waals surface area contributed by atoms with Gasteiger partial charge < -0.3 is 15.4 Å². The first-order valence-corrected chi connectivity index (χ1v) is 29.2. The van der Waals surface area contributed by atoms with Gasteiger partial charge in [0.05, 0.1) is 39.1 Å². The van der Waals surface area contributed by atoms with Crippen LogP contribution < -0.4 is 21.1 Å². The van der Waals surface area contributed by atoms with Crippen molar-refractivity contribution in [3.63, 3.8) is 0 Å². The number of ether oxygens (including phenoxy) is 1. The lowest BCUT2D eigenvalue weighted by atomic mass is 10.1. The van der Waals surface area contributed by atoms with E-state index in [0.717, 1.165) is 52.4 Å². The standard InChI is InChI=1S/C49H39N11O13S5/c1-27-39(26-50)46(51-31-12-17-35(18-13-31)75(61,62)63)54-47(52-32-14-19-36(20-15-32)76(64,65)66)44(27)58-60-49-53-45(30-11-10-28-6-3-4-7-29(28)22-30)48(74-49)59-55-33-16-21-40(41(24-33)73-2)57-56-34-23-38-37(43(25-34)78(70,71)72)8-5-9-42(38)77(67,68)69/h3-4,6-8,10-23,25,33H,5,9,24H2,1-2H3,(H2,51,52,54)(H,61,62,63)(H,64,65,66)(H,67,68,69)(H,70,71,72). The number of fused-ring (bicyclic) bond motifs is 2. The largest absolute Gasteiger partial charge is 0.499 e. The number of nitriles is 1. The lowest BCUT2D eigenvalue weighted by Crippen LogP contribution is -2.35. The highest BCUT2D eigenvalue weighted by Crippen LogP contribution is 2.43. The van der Waals surface area contributed by atoms with Gasteiger partial charge in [-0.1, -0.05) is 59.9 Å². The summed E-state index contributed by atoms with van der Waals surface area (Å²) in [4.78, 5) is 7.64. The van der Waals surface area contributed by atoms with Gasteiger partial charge in [-0.3, -0.25) is 18.2 Å². The van der Waals surface area contributed by atoms with Crippen molar-refractivity contribution in [3.8, 4) is 17.3 Å². The molecule has 0 radical (unpaired) electrons. The fourth-order valence-corrected chi connectivity index (χ4v) is 11.4. The second-order valence-electron chi connectivity index (χ2n) is 17.0. The second kappa shape index (κ2) is 21.6. The number of hydrogen-bond acceptors (Lipinski definition) is 21. The summed E-state index contributed by atoms with van der Waals surface area (Å²) in [7, 11) is -17.3. The van der Waals surface area contributed by atoms with Crippen LogP contribution in [-0.4, -0.2) is 75.0 Å². The average Bonchev–Trinajstić information content (AvgIpc) is 3.91. The quantitative estimate of drug-likeness (QED) is 0.0387. The summed E-state index contributed by atoms with van der Waals surface area (Å²) in [6, 6.07) is 27.1. The number of thiazole rings is 1. The fraction of sp³-hybridized carbons (Fsp3) is 0.122. The zero-order valence-electron chi connectivity index (χ0n) is 40.3. The number of pyridine rings is 1. The van der Waals surface area contributed by atoms with Gasteiger partial charge in [-0.15, -0.1) is 20.5 Å². The van der Waals surface area contributed by atoms with Crippen molar-refractivity contribution in [1.29, 1.82) is 5.26 Å². The number of nitrogens with zero attached hydrogens (tertiary/aromatic N) is 9. The molecule has 0 saturated carbocycles. The summed E-state index contributed by atoms with van der Waals surface area (Å²) in [5.41, 5.74) is 1.97. The van der Waals surface area contributed by atoms with Gasteiger partial charge in [0.15, 0.2) is 16.6 Å². The fourth-order valence-electron chi connectivity index (χ4n) is 8.18. The molecule has 5 aromatic carbocycles. The molecule has 78 heavy (non-hydrogen) atoms. The SMILES string of the molecule is COC1=C(N=Nc2cc(S(=O)(=O)O)c3c(c2)=C(S(=O)(=O)O)CCC=3)C=CC(N=Nc2sc(N=Nc3c(Nc4ccc(S(=O)(=O)O)cc4)nc(Nc4ccc(S(=O)(=O)O)cc4)c(C#N)c3C)nc2-c2ccc3ccccc3c2)C1. The van der Waals surface area contributed by atoms with Crippen molar-refractivity contribution in [2.24, 2.45) is 30.7 Å². The van der Waals surface area contributed by atoms with Crippen LogP contribution in [0, 0.1) is 18.3 Å². The first-order valence-electron chi connectivity index (χ1n) is 22.6. The summed E-state index contributed by atoms with van der Waals surface area (Å²) < 4.78 is 141. The normalized spacial score (nSPS) is 15.2. The number of anilines is 4. The maximum atomic E-state index is 12.4. The van der Waals surface area contributed by atoms with Crippen LogP contribution in [0.2, 0.25) is 0 Å². The molecular formula is C49H39N11O13S5. The molecule has 2 aliphatic carbocycles. The monoisotopic (exact) mass is 1150 g/mol. The predicted molar refractivity (Wildman–Crippen MR) is 287 cm³/mol. The molecule has 0 aliphatic heterocycles. The summed E-state index contributed by atoms with van der Waals surface area (Å²) in [5.74, 6) is 0.302. The van der Waals surface area contributed by atoms with E-state index >= 15 is 0 Å². The van der Waals surface area contributed by atoms with Gasteiger partial charge in [-0.25, -0.2) is 9.97 Å². The Morgan fingerprint density at radius 1 is 0.718 bits per heavy atom. The second-order valence-corrected chi connectivity index (χ2v) is 23.6. The van der Waals surface area contributed by atoms with Crippen molar-refractivity contribution in [1.82, 2.24) is 9.97 Å². The van der Waals surface area contributed by atoms with E-state index in [-0.39, 0.29) is 95.8 Å². The molecule has 29 heteroatoms. The van der Waals surface area contributed by atoms with Crippen molar-refractivity contribution in [2.75, 3.05) is 17.7 Å². The predicted octanol–water partition coefficient (Wildman–Crippen LogP) is 9.81. The summed E-state index contributed by atoms with van der Waals surface area (Å²) in [6.07, 6.45) is 4.72. The number of benzene rings is 5. The van der Waals surface area contributed by atoms with Gasteiger partial charge in [0, 0.05) is 34.1 Å². The Morgan fingerprint density at radius 3 is 1.99 bits per heavy atom. The molecule has 1 unspecified atom stereocenters. The molecule has 0 amide bonds. The third kappa shape index (κ3) is 12.1. The maximum Gasteiger partial charge on any atom is 0.295 e.